The first-order valence-corrected chi connectivity index (χ1v) is 8.84. The number of methoxy groups -OCH3 is 1. The quantitative estimate of drug-likeness (QED) is 0.791. The molecule has 2 amide bonds. The van der Waals surface area contributed by atoms with Crippen LogP contribution in [0.25, 0.3) is 0 Å². The van der Waals surface area contributed by atoms with E-state index in [1.807, 2.05) is 6.92 Å². The molecule has 0 saturated carbocycles. The molecule has 23 heavy (non-hydrogen) atoms. The Balaban J connectivity index is 2.47. The molecule has 0 unspecified atom stereocenters. The first-order chi connectivity index (χ1) is 10.8. The van der Waals surface area contributed by atoms with Crippen molar-refractivity contribution in [2.75, 3.05) is 12.0 Å². The van der Waals surface area contributed by atoms with Crippen LogP contribution in [0.2, 0.25) is 0 Å². The van der Waals surface area contributed by atoms with Gasteiger partial charge >= 0.3 is 0 Å². The summed E-state index contributed by atoms with van der Waals surface area (Å²) >= 11 is 0. The molecule has 1 fully saturated rings. The number of ether oxygens (including phenoxy) is 1. The summed E-state index contributed by atoms with van der Waals surface area (Å²) < 4.78 is 32.5. The second-order valence-electron chi connectivity index (χ2n) is 5.39. The van der Waals surface area contributed by atoms with Crippen molar-refractivity contribution in [2.24, 2.45) is 0 Å². The average Bonchev–Trinajstić information content (AvgIpc) is 2.85. The molecule has 1 atom stereocenters. The molecule has 1 saturated heterocycles. The normalized spacial score (nSPS) is 16.7. The molecule has 0 aliphatic carbocycles. The Kier molecular flexibility index (Phi) is 5.06. The summed E-state index contributed by atoms with van der Waals surface area (Å²) in [5, 5.41) is 0. The van der Waals surface area contributed by atoms with Crippen LogP contribution in [-0.4, -0.2) is 33.4 Å². The lowest BCUT2D eigenvalue weighted by molar-refractivity contribution is -0.121. The highest BCUT2D eigenvalue weighted by atomic mass is 32.2. The number of hydrogen-bond acceptors (Lipinski definition) is 5. The molecule has 7 nitrogen and oxygen atoms in total. The van der Waals surface area contributed by atoms with Crippen molar-refractivity contribution in [2.45, 2.75) is 44.0 Å². The molecule has 1 aromatic rings. The molecule has 0 bridgehead atoms. The molecule has 2 rings (SSSR count). The Morgan fingerprint density at radius 1 is 1.26 bits per heavy atom. The number of hydrogen-bond donors (Lipinski definition) is 1. The van der Waals surface area contributed by atoms with Crippen molar-refractivity contribution in [1.29, 1.82) is 0 Å². The van der Waals surface area contributed by atoms with Gasteiger partial charge in [0.25, 0.3) is 0 Å². The van der Waals surface area contributed by atoms with Gasteiger partial charge in [-0.25, -0.2) is 18.0 Å². The van der Waals surface area contributed by atoms with E-state index in [0.717, 1.165) is 4.90 Å². The Hall–Kier alpha value is -1.93. The van der Waals surface area contributed by atoms with Gasteiger partial charge in [-0.1, -0.05) is 6.92 Å². The van der Waals surface area contributed by atoms with E-state index < -0.39 is 10.0 Å². The molecular formula is C15H20N2O5S. The molecule has 126 valence electrons. The largest absolute Gasteiger partial charge is 0.495 e. The number of nitrogens with one attached hydrogen (secondary N) is 1. The highest BCUT2D eigenvalue weighted by molar-refractivity contribution is 7.89. The fourth-order valence-corrected chi connectivity index (χ4v) is 3.62. The van der Waals surface area contributed by atoms with E-state index in [1.54, 1.807) is 6.92 Å². The number of benzene rings is 1. The zero-order chi connectivity index (χ0) is 17.2. The highest BCUT2D eigenvalue weighted by Gasteiger charge is 2.33. The zero-order valence-electron chi connectivity index (χ0n) is 13.3. The van der Waals surface area contributed by atoms with Crippen LogP contribution >= 0.6 is 0 Å². The smallest absolute Gasteiger partial charge is 0.240 e. The fourth-order valence-electron chi connectivity index (χ4n) is 2.27. The van der Waals surface area contributed by atoms with E-state index >= 15 is 0 Å². The van der Waals surface area contributed by atoms with E-state index in [0.29, 0.717) is 6.42 Å². The fraction of sp³-hybridized carbons (Fsp3) is 0.467. The van der Waals surface area contributed by atoms with E-state index in [9.17, 15) is 18.0 Å². The summed E-state index contributed by atoms with van der Waals surface area (Å²) in [6, 6.07) is 3.91. The SMILES string of the molecule is CC[C@@H](C)NS(=O)(=O)c1ccc(OC)c(N2C(=O)CCC2=O)c1. The van der Waals surface area contributed by atoms with Gasteiger partial charge in [-0.3, -0.25) is 9.59 Å². The van der Waals surface area contributed by atoms with Gasteiger partial charge in [0.05, 0.1) is 17.7 Å². The average molecular weight is 340 g/mol. The van der Waals surface area contributed by atoms with Crippen molar-refractivity contribution < 1.29 is 22.7 Å². The number of imide groups is 1. The summed E-state index contributed by atoms with van der Waals surface area (Å²) in [5.41, 5.74) is 0.159. The summed E-state index contributed by atoms with van der Waals surface area (Å²) in [5.74, 6) is -0.452. The number of sulfonamides is 1. The third-order valence-corrected chi connectivity index (χ3v) is 5.31. The monoisotopic (exact) mass is 340 g/mol. The number of carbonyl (C=O) groups is 2. The maximum Gasteiger partial charge on any atom is 0.240 e. The Morgan fingerprint density at radius 3 is 2.39 bits per heavy atom. The van der Waals surface area contributed by atoms with Crippen LogP contribution in [0, 0.1) is 0 Å². The van der Waals surface area contributed by atoms with Gasteiger partial charge in [-0.15, -0.1) is 0 Å². The standard InChI is InChI=1S/C15H20N2O5S/c1-4-10(2)16-23(20,21)11-5-6-13(22-3)12(9-11)17-14(18)7-8-15(17)19/h5-6,9-10,16H,4,7-8H2,1-3H3/t10-/m1/s1. The number of carbonyl (C=O) groups excluding carboxylic acids is 2. The zero-order valence-corrected chi connectivity index (χ0v) is 14.1. The maximum absolute atomic E-state index is 12.4. The second-order valence-corrected chi connectivity index (χ2v) is 7.10. The van der Waals surface area contributed by atoms with Crippen molar-refractivity contribution >= 4 is 27.5 Å². The Bertz CT molecular complexity index is 713. The Labute approximate surface area is 135 Å². The molecule has 1 N–H and O–H groups in total. The third-order valence-electron chi connectivity index (χ3n) is 3.72. The van der Waals surface area contributed by atoms with Gasteiger partial charge in [0, 0.05) is 18.9 Å². The molecule has 1 aliphatic rings. The first kappa shape index (κ1) is 17.4. The molecule has 1 aliphatic heterocycles. The van der Waals surface area contributed by atoms with Crippen molar-refractivity contribution in [1.82, 2.24) is 4.72 Å². The minimum Gasteiger partial charge on any atom is -0.495 e. The van der Waals surface area contributed by atoms with Crippen LogP contribution in [0.5, 0.6) is 5.75 Å². The lowest BCUT2D eigenvalue weighted by Crippen LogP contribution is -2.33. The minimum atomic E-state index is -3.74. The van der Waals surface area contributed by atoms with E-state index in [4.69, 9.17) is 4.74 Å². The molecule has 0 aromatic heterocycles. The van der Waals surface area contributed by atoms with Crippen LogP contribution in [0.1, 0.15) is 33.1 Å². The Morgan fingerprint density at radius 2 is 1.87 bits per heavy atom. The van der Waals surface area contributed by atoms with Gasteiger partial charge in [0.15, 0.2) is 0 Å². The molecular weight excluding hydrogens is 320 g/mol. The topological polar surface area (TPSA) is 92.8 Å². The molecule has 0 spiro atoms. The van der Waals surface area contributed by atoms with E-state index in [2.05, 4.69) is 4.72 Å². The molecule has 0 radical (unpaired) electrons. The maximum atomic E-state index is 12.4. The molecule has 1 aromatic carbocycles. The number of nitrogens with zero attached hydrogens (tertiary/aromatic N) is 1. The van der Waals surface area contributed by atoms with Gasteiger partial charge < -0.3 is 4.74 Å². The van der Waals surface area contributed by atoms with E-state index in [-0.39, 0.29) is 47.0 Å². The van der Waals surface area contributed by atoms with Crippen LogP contribution < -0.4 is 14.4 Å². The predicted molar refractivity (Wildman–Crippen MR) is 84.8 cm³/mol. The van der Waals surface area contributed by atoms with Crippen LogP contribution in [0.4, 0.5) is 5.69 Å². The minimum absolute atomic E-state index is 0.0129. The number of anilines is 1. The first-order valence-electron chi connectivity index (χ1n) is 7.36. The van der Waals surface area contributed by atoms with Gasteiger partial charge in [0.1, 0.15) is 5.75 Å². The van der Waals surface area contributed by atoms with Gasteiger partial charge in [-0.2, -0.15) is 0 Å². The lowest BCUT2D eigenvalue weighted by atomic mass is 10.2. The number of amides is 2. The predicted octanol–water partition coefficient (Wildman–Crippen LogP) is 1.43. The van der Waals surface area contributed by atoms with Crippen molar-refractivity contribution in [3.63, 3.8) is 0 Å². The second kappa shape index (κ2) is 6.67. The van der Waals surface area contributed by atoms with Crippen molar-refractivity contribution in [3.05, 3.63) is 18.2 Å². The van der Waals surface area contributed by atoms with Crippen molar-refractivity contribution in [3.8, 4) is 5.75 Å². The summed E-state index contributed by atoms with van der Waals surface area (Å²) in [7, 11) is -2.34. The summed E-state index contributed by atoms with van der Waals surface area (Å²) in [4.78, 5) is 24.8. The molecule has 1 heterocycles. The summed E-state index contributed by atoms with van der Waals surface area (Å²) in [6.45, 7) is 3.63. The third kappa shape index (κ3) is 3.53. The van der Waals surface area contributed by atoms with Gasteiger partial charge in [0.2, 0.25) is 21.8 Å². The van der Waals surface area contributed by atoms with Crippen LogP contribution in [0.3, 0.4) is 0 Å². The highest BCUT2D eigenvalue weighted by Crippen LogP contribution is 2.34. The van der Waals surface area contributed by atoms with E-state index in [1.165, 1.54) is 25.3 Å². The van der Waals surface area contributed by atoms with Crippen LogP contribution in [0.15, 0.2) is 23.1 Å². The van der Waals surface area contributed by atoms with Gasteiger partial charge in [-0.05, 0) is 31.5 Å². The number of rotatable bonds is 6. The summed E-state index contributed by atoms with van der Waals surface area (Å²) in [6.07, 6.45) is 0.875. The van der Waals surface area contributed by atoms with Crippen LogP contribution in [-0.2, 0) is 19.6 Å². The lowest BCUT2D eigenvalue weighted by Gasteiger charge is -2.19. The molecule has 8 heteroatoms.